The van der Waals surface area contributed by atoms with Crippen molar-refractivity contribution >= 4 is 12.0 Å². The molecule has 2 aliphatic rings. The number of aromatic nitrogens is 3. The van der Waals surface area contributed by atoms with Crippen LogP contribution in [-0.2, 0) is 6.54 Å². The van der Waals surface area contributed by atoms with Crippen molar-refractivity contribution in [2.75, 3.05) is 20.2 Å². The molecule has 0 atom stereocenters. The van der Waals surface area contributed by atoms with E-state index in [4.69, 9.17) is 4.74 Å². The quantitative estimate of drug-likeness (QED) is 0.824. The summed E-state index contributed by atoms with van der Waals surface area (Å²) in [5, 5.41) is 4.83. The Balaban J connectivity index is 1.68. The van der Waals surface area contributed by atoms with Crippen LogP contribution in [0.2, 0.25) is 0 Å². The van der Waals surface area contributed by atoms with Crippen molar-refractivity contribution < 1.29 is 9.53 Å². The SMILES string of the molecule is COc1ncnc(Cn2cc(C(=O)NCC3CC3)c3c2=CCCN=3)c1C. The molecule has 1 N–H and O–H groups in total. The third-order valence-corrected chi connectivity index (χ3v) is 4.98. The number of hydrogen-bond donors (Lipinski definition) is 1. The van der Waals surface area contributed by atoms with Crippen molar-refractivity contribution in [3.05, 3.63) is 40.1 Å². The molecule has 7 nitrogen and oxygen atoms in total. The molecule has 1 amide bonds. The molecule has 1 saturated carbocycles. The molecule has 0 unspecified atom stereocenters. The molecule has 0 radical (unpaired) electrons. The molecule has 7 heteroatoms. The van der Waals surface area contributed by atoms with Crippen molar-refractivity contribution in [3.63, 3.8) is 0 Å². The highest BCUT2D eigenvalue weighted by Crippen LogP contribution is 2.27. The van der Waals surface area contributed by atoms with Gasteiger partial charge in [-0.2, -0.15) is 0 Å². The van der Waals surface area contributed by atoms with Gasteiger partial charge >= 0.3 is 0 Å². The minimum Gasteiger partial charge on any atom is -0.481 e. The summed E-state index contributed by atoms with van der Waals surface area (Å²) in [7, 11) is 1.60. The lowest BCUT2D eigenvalue weighted by molar-refractivity contribution is 0.0950. The van der Waals surface area contributed by atoms with E-state index in [0.717, 1.165) is 41.5 Å². The van der Waals surface area contributed by atoms with Crippen LogP contribution in [0.3, 0.4) is 0 Å². The van der Waals surface area contributed by atoms with Crippen LogP contribution in [-0.4, -0.2) is 40.6 Å². The third-order valence-electron chi connectivity index (χ3n) is 4.98. The van der Waals surface area contributed by atoms with Crippen molar-refractivity contribution in [2.24, 2.45) is 10.9 Å². The molecular weight excluding hydrogens is 330 g/mol. The van der Waals surface area contributed by atoms with Crippen molar-refractivity contribution in [1.29, 1.82) is 0 Å². The van der Waals surface area contributed by atoms with Crippen LogP contribution in [0, 0.1) is 12.8 Å². The van der Waals surface area contributed by atoms with E-state index in [2.05, 4.69) is 30.9 Å². The van der Waals surface area contributed by atoms with E-state index in [1.165, 1.54) is 19.2 Å². The van der Waals surface area contributed by atoms with Crippen molar-refractivity contribution in [2.45, 2.75) is 32.7 Å². The molecule has 0 bridgehead atoms. The third kappa shape index (κ3) is 3.21. The average Bonchev–Trinajstić information content (AvgIpc) is 3.42. The van der Waals surface area contributed by atoms with Crippen LogP contribution in [0.15, 0.2) is 17.5 Å². The van der Waals surface area contributed by atoms with E-state index in [-0.39, 0.29) is 5.91 Å². The number of rotatable bonds is 6. The van der Waals surface area contributed by atoms with Gasteiger partial charge in [0.15, 0.2) is 0 Å². The summed E-state index contributed by atoms with van der Waals surface area (Å²) in [6.45, 7) is 3.97. The van der Waals surface area contributed by atoms with E-state index in [1.54, 1.807) is 7.11 Å². The largest absolute Gasteiger partial charge is 0.481 e. The number of amides is 1. The summed E-state index contributed by atoms with van der Waals surface area (Å²) in [4.78, 5) is 25.8. The lowest BCUT2D eigenvalue weighted by Crippen LogP contribution is -2.37. The van der Waals surface area contributed by atoms with E-state index in [0.29, 0.717) is 23.9 Å². The summed E-state index contributed by atoms with van der Waals surface area (Å²) >= 11 is 0. The monoisotopic (exact) mass is 353 g/mol. The highest BCUT2D eigenvalue weighted by Gasteiger charge is 2.23. The minimum absolute atomic E-state index is 0.0389. The maximum atomic E-state index is 12.6. The second-order valence-corrected chi connectivity index (χ2v) is 6.89. The number of hydrogen-bond acceptors (Lipinski definition) is 5. The van der Waals surface area contributed by atoms with Crippen LogP contribution in [0.4, 0.5) is 0 Å². The second-order valence-electron chi connectivity index (χ2n) is 6.89. The molecule has 1 aliphatic heterocycles. The Morgan fingerprint density at radius 3 is 3.00 bits per heavy atom. The first-order chi connectivity index (χ1) is 12.7. The summed E-state index contributed by atoms with van der Waals surface area (Å²) in [6.07, 6.45) is 8.86. The Morgan fingerprint density at radius 1 is 1.38 bits per heavy atom. The number of methoxy groups -OCH3 is 1. The van der Waals surface area contributed by atoms with Gasteiger partial charge in [0.05, 0.1) is 35.6 Å². The van der Waals surface area contributed by atoms with Crippen molar-refractivity contribution in [1.82, 2.24) is 19.9 Å². The maximum absolute atomic E-state index is 12.6. The van der Waals surface area contributed by atoms with E-state index in [1.807, 2.05) is 13.1 Å². The fourth-order valence-corrected chi connectivity index (χ4v) is 3.26. The van der Waals surface area contributed by atoms with Gasteiger partial charge in [-0.15, -0.1) is 0 Å². The molecule has 1 aliphatic carbocycles. The first-order valence-corrected chi connectivity index (χ1v) is 9.04. The van der Waals surface area contributed by atoms with Crippen LogP contribution in [0.5, 0.6) is 5.88 Å². The molecule has 4 rings (SSSR count). The first-order valence-electron chi connectivity index (χ1n) is 9.04. The summed E-state index contributed by atoms with van der Waals surface area (Å²) < 4.78 is 7.34. The van der Waals surface area contributed by atoms with Crippen LogP contribution < -0.4 is 20.8 Å². The lowest BCUT2D eigenvalue weighted by atomic mass is 10.2. The molecule has 0 aromatic carbocycles. The number of nitrogens with one attached hydrogen (secondary N) is 1. The molecule has 26 heavy (non-hydrogen) atoms. The lowest BCUT2D eigenvalue weighted by Gasteiger charge is -2.09. The molecule has 3 heterocycles. The maximum Gasteiger partial charge on any atom is 0.255 e. The van der Waals surface area contributed by atoms with E-state index in [9.17, 15) is 4.79 Å². The van der Waals surface area contributed by atoms with Gasteiger partial charge in [-0.25, -0.2) is 9.97 Å². The van der Waals surface area contributed by atoms with Gasteiger partial charge in [0.25, 0.3) is 5.91 Å². The fourth-order valence-electron chi connectivity index (χ4n) is 3.26. The topological polar surface area (TPSA) is 81.4 Å². The predicted molar refractivity (Wildman–Crippen MR) is 96.6 cm³/mol. The van der Waals surface area contributed by atoms with Crippen LogP contribution in [0.25, 0.3) is 6.08 Å². The fraction of sp³-hybridized carbons (Fsp3) is 0.474. The van der Waals surface area contributed by atoms with Gasteiger partial charge in [-0.1, -0.05) is 6.08 Å². The zero-order chi connectivity index (χ0) is 18.1. The second kappa shape index (κ2) is 6.90. The standard InChI is InChI=1S/C19H23N5O2/c1-12-15(22-11-23-19(12)26-2)10-24-9-14(17-16(24)4-3-7-20-17)18(25)21-8-13-5-6-13/h4,9,11,13H,3,5-8,10H2,1-2H3,(H,21,25). The number of carbonyl (C=O) groups is 1. The smallest absolute Gasteiger partial charge is 0.255 e. The number of ether oxygens (including phenoxy) is 1. The highest BCUT2D eigenvalue weighted by molar-refractivity contribution is 5.94. The van der Waals surface area contributed by atoms with Crippen LogP contribution in [0.1, 0.15) is 40.9 Å². The van der Waals surface area contributed by atoms with Gasteiger partial charge in [0.2, 0.25) is 5.88 Å². The molecule has 2 aromatic heterocycles. The van der Waals surface area contributed by atoms with E-state index >= 15 is 0 Å². The Labute approximate surface area is 151 Å². The molecular formula is C19H23N5O2. The molecule has 1 fully saturated rings. The predicted octanol–water partition coefficient (Wildman–Crippen LogP) is 0.587. The number of carbonyl (C=O) groups excluding carboxylic acids is 1. The van der Waals surface area contributed by atoms with Crippen LogP contribution >= 0.6 is 0 Å². The Morgan fingerprint density at radius 2 is 2.23 bits per heavy atom. The summed E-state index contributed by atoms with van der Waals surface area (Å²) in [6, 6.07) is 0. The normalized spacial score (nSPS) is 15.6. The Bertz CT molecular complexity index is 959. The van der Waals surface area contributed by atoms with Gasteiger partial charge in [-0.05, 0) is 32.1 Å². The number of nitrogens with zero attached hydrogens (tertiary/aromatic N) is 4. The Kier molecular flexibility index (Phi) is 4.44. The molecule has 136 valence electrons. The Hall–Kier alpha value is -2.70. The van der Waals surface area contributed by atoms with Gasteiger partial charge in [0, 0.05) is 24.8 Å². The number of fused-ring (bicyclic) bond motifs is 1. The zero-order valence-corrected chi connectivity index (χ0v) is 15.2. The van der Waals surface area contributed by atoms with Gasteiger partial charge in [0.1, 0.15) is 6.33 Å². The highest BCUT2D eigenvalue weighted by atomic mass is 16.5. The van der Waals surface area contributed by atoms with Gasteiger partial charge < -0.3 is 14.6 Å². The minimum atomic E-state index is -0.0389. The molecule has 0 spiro atoms. The van der Waals surface area contributed by atoms with Gasteiger partial charge in [-0.3, -0.25) is 9.79 Å². The molecule has 0 saturated heterocycles. The average molecular weight is 353 g/mol. The summed E-state index contributed by atoms with van der Waals surface area (Å²) in [5.41, 5.74) is 2.43. The zero-order valence-electron chi connectivity index (χ0n) is 15.2. The van der Waals surface area contributed by atoms with Crippen molar-refractivity contribution in [3.8, 4) is 5.88 Å². The summed E-state index contributed by atoms with van der Waals surface area (Å²) in [5.74, 6) is 1.19. The van der Waals surface area contributed by atoms with E-state index < -0.39 is 0 Å². The molecule has 2 aromatic rings. The first kappa shape index (κ1) is 16.8.